The molecule has 3 rings (SSSR count). The molecule has 2 aromatic carbocycles. The zero-order valence-electron chi connectivity index (χ0n) is 14.6. The highest BCUT2D eigenvalue weighted by Crippen LogP contribution is 2.36. The van der Waals surface area contributed by atoms with E-state index in [0.29, 0.717) is 18.8 Å². The van der Waals surface area contributed by atoms with Gasteiger partial charge in [-0.25, -0.2) is 8.42 Å². The molecule has 1 aliphatic rings. The van der Waals surface area contributed by atoms with Crippen LogP contribution < -0.4 is 4.74 Å². The van der Waals surface area contributed by atoms with E-state index in [1.165, 1.54) is 16.4 Å². The van der Waals surface area contributed by atoms with Crippen molar-refractivity contribution in [3.05, 3.63) is 57.6 Å². The van der Waals surface area contributed by atoms with Crippen LogP contribution >= 0.6 is 0 Å². The first-order chi connectivity index (χ1) is 12.3. The van der Waals surface area contributed by atoms with Gasteiger partial charge in [-0.1, -0.05) is 12.1 Å². The third-order valence-corrected chi connectivity index (χ3v) is 6.29. The van der Waals surface area contributed by atoms with E-state index in [4.69, 9.17) is 4.74 Å². The van der Waals surface area contributed by atoms with Crippen LogP contribution in [0.25, 0.3) is 0 Å². The lowest BCUT2D eigenvalue weighted by Crippen LogP contribution is -2.27. The number of ether oxygens (including phenoxy) is 1. The standard InChI is InChI=1S/C18H20N2O5S/c1-13-5-6-14(2)18(11-13)25-17-8-7-15(12-16(17)20(21)22)26(23,24)19-9-3-4-10-19/h5-8,11-12H,3-4,9-10H2,1-2H3. The number of sulfonamides is 1. The Morgan fingerprint density at radius 2 is 1.73 bits per heavy atom. The van der Waals surface area contributed by atoms with Crippen LogP contribution in [0.5, 0.6) is 11.5 Å². The third kappa shape index (κ3) is 3.56. The lowest BCUT2D eigenvalue weighted by molar-refractivity contribution is -0.385. The second-order valence-corrected chi connectivity index (χ2v) is 8.31. The quantitative estimate of drug-likeness (QED) is 0.585. The fraction of sp³-hybridized carbons (Fsp3) is 0.333. The number of hydrogen-bond donors (Lipinski definition) is 0. The topological polar surface area (TPSA) is 89.8 Å². The van der Waals surface area contributed by atoms with E-state index in [1.807, 2.05) is 26.0 Å². The fourth-order valence-corrected chi connectivity index (χ4v) is 4.44. The number of benzene rings is 2. The van der Waals surface area contributed by atoms with Crippen LogP contribution in [-0.2, 0) is 10.0 Å². The molecule has 0 atom stereocenters. The molecule has 0 aliphatic carbocycles. The summed E-state index contributed by atoms with van der Waals surface area (Å²) in [6, 6.07) is 9.36. The van der Waals surface area contributed by atoms with E-state index in [-0.39, 0.29) is 16.3 Å². The lowest BCUT2D eigenvalue weighted by Gasteiger charge is -2.16. The van der Waals surface area contributed by atoms with Crippen molar-refractivity contribution < 1.29 is 18.1 Å². The summed E-state index contributed by atoms with van der Waals surface area (Å²) in [6.45, 7) is 4.62. The van der Waals surface area contributed by atoms with Crippen molar-refractivity contribution in [2.45, 2.75) is 31.6 Å². The first-order valence-corrected chi connectivity index (χ1v) is 9.77. The Bertz CT molecular complexity index is 950. The molecule has 0 bridgehead atoms. The van der Waals surface area contributed by atoms with Crippen molar-refractivity contribution in [3.63, 3.8) is 0 Å². The van der Waals surface area contributed by atoms with Crippen molar-refractivity contribution in [2.75, 3.05) is 13.1 Å². The number of hydrogen-bond acceptors (Lipinski definition) is 5. The molecule has 0 aromatic heterocycles. The average Bonchev–Trinajstić information content (AvgIpc) is 3.13. The zero-order chi connectivity index (χ0) is 18.9. The highest BCUT2D eigenvalue weighted by molar-refractivity contribution is 7.89. The maximum atomic E-state index is 12.6. The molecular formula is C18H20N2O5S. The van der Waals surface area contributed by atoms with Gasteiger partial charge in [0.15, 0.2) is 0 Å². The summed E-state index contributed by atoms with van der Waals surface area (Å²) < 4.78 is 32.4. The predicted octanol–water partition coefficient (Wildman–Crippen LogP) is 3.79. The van der Waals surface area contributed by atoms with Gasteiger partial charge in [0.2, 0.25) is 15.8 Å². The highest BCUT2D eigenvalue weighted by atomic mass is 32.2. The average molecular weight is 376 g/mol. The summed E-state index contributed by atoms with van der Waals surface area (Å²) in [5, 5.41) is 11.5. The summed E-state index contributed by atoms with van der Waals surface area (Å²) in [4.78, 5) is 10.8. The molecule has 7 nitrogen and oxygen atoms in total. The van der Waals surface area contributed by atoms with Crippen molar-refractivity contribution in [1.29, 1.82) is 0 Å². The normalized spacial score (nSPS) is 15.2. The van der Waals surface area contributed by atoms with Gasteiger partial charge in [-0.15, -0.1) is 0 Å². The molecule has 2 aromatic rings. The first kappa shape index (κ1) is 18.3. The molecule has 0 spiro atoms. The van der Waals surface area contributed by atoms with E-state index in [9.17, 15) is 18.5 Å². The molecule has 0 amide bonds. The Hall–Kier alpha value is -2.45. The van der Waals surface area contributed by atoms with E-state index in [1.54, 1.807) is 6.07 Å². The first-order valence-electron chi connectivity index (χ1n) is 8.33. The van der Waals surface area contributed by atoms with Crippen LogP contribution in [0, 0.1) is 24.0 Å². The van der Waals surface area contributed by atoms with Crippen molar-refractivity contribution in [1.82, 2.24) is 4.31 Å². The Balaban J connectivity index is 2.00. The smallest absolute Gasteiger partial charge is 0.312 e. The van der Waals surface area contributed by atoms with Gasteiger partial charge in [-0.3, -0.25) is 10.1 Å². The minimum Gasteiger partial charge on any atom is -0.450 e. The van der Waals surface area contributed by atoms with Gasteiger partial charge >= 0.3 is 5.69 Å². The minimum atomic E-state index is -3.73. The van der Waals surface area contributed by atoms with Gasteiger partial charge in [0, 0.05) is 19.2 Å². The van der Waals surface area contributed by atoms with Gasteiger partial charge < -0.3 is 4.74 Å². The van der Waals surface area contributed by atoms with Crippen molar-refractivity contribution in [3.8, 4) is 11.5 Å². The molecular weight excluding hydrogens is 356 g/mol. The van der Waals surface area contributed by atoms with Crippen LogP contribution in [0.4, 0.5) is 5.69 Å². The third-order valence-electron chi connectivity index (χ3n) is 4.39. The van der Waals surface area contributed by atoms with Crippen LogP contribution in [0.15, 0.2) is 41.3 Å². The largest absolute Gasteiger partial charge is 0.450 e. The number of nitro benzene ring substituents is 1. The van der Waals surface area contributed by atoms with Gasteiger partial charge in [-0.05, 0) is 56.0 Å². The summed E-state index contributed by atoms with van der Waals surface area (Å²) in [5.74, 6) is 0.521. The Morgan fingerprint density at radius 3 is 2.38 bits per heavy atom. The highest BCUT2D eigenvalue weighted by Gasteiger charge is 2.30. The Morgan fingerprint density at radius 1 is 1.04 bits per heavy atom. The van der Waals surface area contributed by atoms with Crippen molar-refractivity contribution in [2.24, 2.45) is 0 Å². The van der Waals surface area contributed by atoms with Crippen LogP contribution in [0.2, 0.25) is 0 Å². The Kier molecular flexibility index (Phi) is 4.97. The molecule has 0 N–H and O–H groups in total. The Labute approximate surface area is 152 Å². The summed E-state index contributed by atoms with van der Waals surface area (Å²) in [5.41, 5.74) is 1.42. The molecule has 8 heteroatoms. The molecule has 0 radical (unpaired) electrons. The summed E-state index contributed by atoms with van der Waals surface area (Å²) in [6.07, 6.45) is 1.60. The number of nitrogens with zero attached hydrogens (tertiary/aromatic N) is 2. The van der Waals surface area contributed by atoms with Crippen molar-refractivity contribution >= 4 is 15.7 Å². The van der Waals surface area contributed by atoms with Crippen LogP contribution in [-0.4, -0.2) is 30.7 Å². The van der Waals surface area contributed by atoms with Crippen LogP contribution in [0.3, 0.4) is 0 Å². The molecule has 138 valence electrons. The number of nitro groups is 1. The molecule has 1 saturated heterocycles. The maximum Gasteiger partial charge on any atom is 0.312 e. The molecule has 1 heterocycles. The molecule has 1 aliphatic heterocycles. The number of rotatable bonds is 5. The monoisotopic (exact) mass is 376 g/mol. The van der Waals surface area contributed by atoms with Gasteiger partial charge in [0.1, 0.15) is 5.75 Å². The minimum absolute atomic E-state index is 0.0177. The second kappa shape index (κ2) is 7.05. The molecule has 1 fully saturated rings. The SMILES string of the molecule is Cc1ccc(C)c(Oc2ccc(S(=O)(=O)N3CCCC3)cc2[N+](=O)[O-])c1. The molecule has 0 unspecified atom stereocenters. The molecule has 0 saturated carbocycles. The van der Waals surface area contributed by atoms with Gasteiger partial charge in [-0.2, -0.15) is 4.31 Å². The van der Waals surface area contributed by atoms with E-state index in [0.717, 1.165) is 30.0 Å². The molecule has 26 heavy (non-hydrogen) atoms. The van der Waals surface area contributed by atoms with Gasteiger partial charge in [0.05, 0.1) is 9.82 Å². The van der Waals surface area contributed by atoms with E-state index in [2.05, 4.69) is 0 Å². The zero-order valence-corrected chi connectivity index (χ0v) is 15.5. The summed E-state index contributed by atoms with van der Waals surface area (Å²) >= 11 is 0. The summed E-state index contributed by atoms with van der Waals surface area (Å²) in [7, 11) is -3.73. The van der Waals surface area contributed by atoms with Gasteiger partial charge in [0.25, 0.3) is 0 Å². The number of aryl methyl sites for hydroxylation is 2. The van der Waals surface area contributed by atoms with E-state index < -0.39 is 14.9 Å². The van der Waals surface area contributed by atoms with E-state index >= 15 is 0 Å². The lowest BCUT2D eigenvalue weighted by atomic mass is 10.1. The maximum absolute atomic E-state index is 12.6. The van der Waals surface area contributed by atoms with Crippen LogP contribution in [0.1, 0.15) is 24.0 Å². The predicted molar refractivity (Wildman–Crippen MR) is 97.1 cm³/mol. The second-order valence-electron chi connectivity index (χ2n) is 6.37. The fourth-order valence-electron chi connectivity index (χ4n) is 2.90.